The van der Waals surface area contributed by atoms with Crippen LogP contribution < -0.4 is 4.74 Å². The van der Waals surface area contributed by atoms with Gasteiger partial charge in [-0.25, -0.2) is 0 Å². The number of nitrogens with zero attached hydrogens (tertiary/aromatic N) is 2. The Morgan fingerprint density at radius 3 is 2.83 bits per heavy atom. The summed E-state index contributed by atoms with van der Waals surface area (Å²) in [5, 5.41) is 0. The Balaban J connectivity index is 1.72. The molecule has 2 fully saturated rings. The number of carbonyl (C=O) groups is 1. The fourth-order valence-corrected chi connectivity index (χ4v) is 4.15. The SMILES string of the molecule is CCN1C[C@@H]2[C@@H](OC)CCN(C(=O)Cc3cccc(OC)c3)[C@@H]2C1. The van der Waals surface area contributed by atoms with Gasteiger partial charge in [0.1, 0.15) is 5.75 Å². The zero-order chi connectivity index (χ0) is 17.1. The van der Waals surface area contributed by atoms with E-state index >= 15 is 0 Å². The number of methoxy groups -OCH3 is 2. The highest BCUT2D eigenvalue weighted by atomic mass is 16.5. The molecule has 2 saturated heterocycles. The maximum atomic E-state index is 12.9. The second-order valence-electron chi connectivity index (χ2n) is 6.76. The summed E-state index contributed by atoms with van der Waals surface area (Å²) in [5.74, 6) is 1.44. The molecule has 132 valence electrons. The fraction of sp³-hybridized carbons (Fsp3) is 0.632. The van der Waals surface area contributed by atoms with Crippen LogP contribution in [-0.4, -0.2) is 68.3 Å². The Hall–Kier alpha value is -1.59. The van der Waals surface area contributed by atoms with Gasteiger partial charge >= 0.3 is 0 Å². The van der Waals surface area contributed by atoms with Gasteiger partial charge in [-0.2, -0.15) is 0 Å². The second kappa shape index (κ2) is 7.53. The molecular formula is C19H28N2O3. The first-order valence-electron chi connectivity index (χ1n) is 8.83. The zero-order valence-corrected chi connectivity index (χ0v) is 14.9. The standard InChI is InChI=1S/C19H28N2O3/c1-4-20-12-16-17(13-20)21(9-8-18(16)24-3)19(22)11-14-6-5-7-15(10-14)23-2/h5-7,10,16-18H,4,8-9,11-13H2,1-3H3/t16-,17+,18-/m0/s1. The van der Waals surface area contributed by atoms with Gasteiger partial charge in [0.05, 0.1) is 25.7 Å². The topological polar surface area (TPSA) is 42.0 Å². The first-order chi connectivity index (χ1) is 11.7. The fourth-order valence-electron chi connectivity index (χ4n) is 4.15. The average Bonchev–Trinajstić information content (AvgIpc) is 3.05. The number of piperidine rings is 1. The summed E-state index contributed by atoms with van der Waals surface area (Å²) < 4.78 is 11.0. The van der Waals surface area contributed by atoms with Gasteiger partial charge in [0.25, 0.3) is 0 Å². The van der Waals surface area contributed by atoms with Crippen LogP contribution in [0.2, 0.25) is 0 Å². The molecule has 1 amide bonds. The van der Waals surface area contributed by atoms with Crippen LogP contribution in [0.15, 0.2) is 24.3 Å². The Labute approximate surface area is 144 Å². The molecule has 3 atom stereocenters. The number of hydrogen-bond donors (Lipinski definition) is 0. The predicted octanol–water partition coefficient (Wildman–Crippen LogP) is 1.81. The summed E-state index contributed by atoms with van der Waals surface area (Å²) in [4.78, 5) is 17.4. The highest BCUT2D eigenvalue weighted by Crippen LogP contribution is 2.32. The largest absolute Gasteiger partial charge is 0.497 e. The number of likely N-dealkylation sites (N-methyl/N-ethyl adjacent to an activating group) is 1. The molecule has 2 heterocycles. The molecule has 1 aromatic carbocycles. The number of ether oxygens (including phenoxy) is 2. The molecule has 5 heteroatoms. The maximum absolute atomic E-state index is 12.9. The molecule has 5 nitrogen and oxygen atoms in total. The normalized spacial score (nSPS) is 27.1. The molecule has 0 unspecified atom stereocenters. The third-order valence-electron chi connectivity index (χ3n) is 5.50. The number of rotatable bonds is 5. The van der Waals surface area contributed by atoms with Gasteiger partial charge in [-0.1, -0.05) is 19.1 Å². The van der Waals surface area contributed by atoms with E-state index < -0.39 is 0 Å². The first kappa shape index (κ1) is 17.2. The molecule has 0 radical (unpaired) electrons. The van der Waals surface area contributed by atoms with Crippen LogP contribution in [-0.2, 0) is 16.0 Å². The molecule has 2 aliphatic heterocycles. The van der Waals surface area contributed by atoms with Crippen LogP contribution in [0.25, 0.3) is 0 Å². The van der Waals surface area contributed by atoms with Crippen molar-refractivity contribution >= 4 is 5.91 Å². The van der Waals surface area contributed by atoms with E-state index in [1.807, 2.05) is 24.3 Å². The second-order valence-corrected chi connectivity index (χ2v) is 6.76. The van der Waals surface area contributed by atoms with Crippen molar-refractivity contribution in [2.45, 2.75) is 31.9 Å². The molecule has 24 heavy (non-hydrogen) atoms. The highest BCUT2D eigenvalue weighted by Gasteiger charge is 2.45. The van der Waals surface area contributed by atoms with Crippen molar-refractivity contribution in [1.29, 1.82) is 0 Å². The van der Waals surface area contributed by atoms with Gasteiger partial charge in [0.15, 0.2) is 0 Å². The Kier molecular flexibility index (Phi) is 5.41. The van der Waals surface area contributed by atoms with Crippen LogP contribution >= 0.6 is 0 Å². The van der Waals surface area contributed by atoms with Crippen molar-refractivity contribution in [3.8, 4) is 5.75 Å². The van der Waals surface area contributed by atoms with Crippen molar-refractivity contribution in [2.24, 2.45) is 5.92 Å². The minimum absolute atomic E-state index is 0.214. The molecule has 0 aliphatic carbocycles. The van der Waals surface area contributed by atoms with E-state index in [0.29, 0.717) is 12.3 Å². The van der Waals surface area contributed by atoms with Crippen LogP contribution in [0.1, 0.15) is 18.9 Å². The van der Waals surface area contributed by atoms with Crippen LogP contribution in [0.4, 0.5) is 0 Å². The van der Waals surface area contributed by atoms with E-state index in [0.717, 1.165) is 43.9 Å². The van der Waals surface area contributed by atoms with Gasteiger partial charge in [-0.15, -0.1) is 0 Å². The lowest BCUT2D eigenvalue weighted by molar-refractivity contribution is -0.138. The molecule has 0 bridgehead atoms. The van der Waals surface area contributed by atoms with Gasteiger partial charge < -0.3 is 19.3 Å². The molecule has 0 spiro atoms. The third kappa shape index (κ3) is 3.42. The maximum Gasteiger partial charge on any atom is 0.227 e. The lowest BCUT2D eigenvalue weighted by Gasteiger charge is -2.41. The molecule has 0 saturated carbocycles. The molecule has 0 N–H and O–H groups in total. The first-order valence-corrected chi connectivity index (χ1v) is 8.83. The highest BCUT2D eigenvalue weighted by molar-refractivity contribution is 5.79. The predicted molar refractivity (Wildman–Crippen MR) is 93.2 cm³/mol. The summed E-state index contributed by atoms with van der Waals surface area (Å²) >= 11 is 0. The Morgan fingerprint density at radius 2 is 2.12 bits per heavy atom. The van der Waals surface area contributed by atoms with E-state index in [2.05, 4.69) is 16.7 Å². The van der Waals surface area contributed by atoms with Crippen molar-refractivity contribution in [1.82, 2.24) is 9.80 Å². The number of carbonyl (C=O) groups excluding carboxylic acids is 1. The minimum atomic E-state index is 0.214. The molecular weight excluding hydrogens is 304 g/mol. The average molecular weight is 332 g/mol. The number of likely N-dealkylation sites (tertiary alicyclic amines) is 2. The third-order valence-corrected chi connectivity index (χ3v) is 5.50. The molecule has 3 rings (SSSR count). The Bertz CT molecular complexity index is 577. The van der Waals surface area contributed by atoms with E-state index in [1.54, 1.807) is 14.2 Å². The van der Waals surface area contributed by atoms with Crippen molar-refractivity contribution in [3.63, 3.8) is 0 Å². The monoisotopic (exact) mass is 332 g/mol. The number of hydrogen-bond acceptors (Lipinski definition) is 4. The summed E-state index contributed by atoms with van der Waals surface area (Å²) in [6, 6.07) is 8.07. The number of benzene rings is 1. The zero-order valence-electron chi connectivity index (χ0n) is 14.9. The minimum Gasteiger partial charge on any atom is -0.497 e. The smallest absolute Gasteiger partial charge is 0.227 e. The van der Waals surface area contributed by atoms with Gasteiger partial charge in [-0.05, 0) is 30.7 Å². The van der Waals surface area contributed by atoms with E-state index in [9.17, 15) is 4.79 Å². The van der Waals surface area contributed by atoms with Crippen LogP contribution in [0.3, 0.4) is 0 Å². The van der Waals surface area contributed by atoms with Gasteiger partial charge in [0, 0.05) is 32.7 Å². The van der Waals surface area contributed by atoms with Crippen LogP contribution in [0, 0.1) is 5.92 Å². The van der Waals surface area contributed by atoms with E-state index in [-0.39, 0.29) is 18.1 Å². The molecule has 1 aromatic rings. The van der Waals surface area contributed by atoms with Gasteiger partial charge in [-0.3, -0.25) is 4.79 Å². The van der Waals surface area contributed by atoms with Gasteiger partial charge in [0.2, 0.25) is 5.91 Å². The summed E-state index contributed by atoms with van der Waals surface area (Å²) in [6.45, 7) is 6.00. The Morgan fingerprint density at radius 1 is 1.29 bits per heavy atom. The van der Waals surface area contributed by atoms with Crippen LogP contribution in [0.5, 0.6) is 5.75 Å². The van der Waals surface area contributed by atoms with Crippen molar-refractivity contribution in [3.05, 3.63) is 29.8 Å². The summed E-state index contributed by atoms with van der Waals surface area (Å²) in [6.07, 6.45) is 1.64. The lowest BCUT2D eigenvalue weighted by atomic mass is 9.88. The lowest BCUT2D eigenvalue weighted by Crippen LogP contribution is -2.54. The van der Waals surface area contributed by atoms with E-state index in [4.69, 9.17) is 9.47 Å². The number of amides is 1. The summed E-state index contributed by atoms with van der Waals surface area (Å²) in [5.41, 5.74) is 1.01. The van der Waals surface area contributed by atoms with Crippen molar-refractivity contribution < 1.29 is 14.3 Å². The van der Waals surface area contributed by atoms with Crippen molar-refractivity contribution in [2.75, 3.05) is 40.4 Å². The quantitative estimate of drug-likeness (QED) is 0.825. The molecule has 0 aromatic heterocycles. The molecule has 2 aliphatic rings. The summed E-state index contributed by atoms with van der Waals surface area (Å²) in [7, 11) is 3.45. The number of fused-ring (bicyclic) bond motifs is 1. The van der Waals surface area contributed by atoms with E-state index in [1.165, 1.54) is 0 Å².